The van der Waals surface area contributed by atoms with Gasteiger partial charge < -0.3 is 9.42 Å². The van der Waals surface area contributed by atoms with Crippen LogP contribution in [0.15, 0.2) is 15.7 Å². The molecule has 6 nitrogen and oxygen atoms in total. The minimum atomic E-state index is 0.632. The summed E-state index contributed by atoms with van der Waals surface area (Å²) in [7, 11) is 0. The Kier molecular flexibility index (Phi) is 4.69. The number of aromatic nitrogens is 3. The van der Waals surface area contributed by atoms with Gasteiger partial charge in [0.1, 0.15) is 11.6 Å². The Hall–Kier alpha value is -1.60. The van der Waals surface area contributed by atoms with Crippen LogP contribution in [0, 0.1) is 13.8 Å². The summed E-state index contributed by atoms with van der Waals surface area (Å²) in [5.41, 5.74) is 3.33. The fraction of sp³-hybridized carbons (Fsp3) is 0.611. The molecule has 2 aromatic rings. The van der Waals surface area contributed by atoms with E-state index in [0.29, 0.717) is 5.92 Å². The average Bonchev–Trinajstić information content (AvgIpc) is 3.38. The third kappa shape index (κ3) is 3.67. The van der Waals surface area contributed by atoms with Crippen LogP contribution in [0.1, 0.15) is 41.5 Å². The van der Waals surface area contributed by atoms with Crippen molar-refractivity contribution < 1.29 is 4.52 Å². The van der Waals surface area contributed by atoms with Crippen molar-refractivity contribution in [1.82, 2.24) is 20.0 Å². The fourth-order valence-electron chi connectivity index (χ4n) is 3.30. The molecule has 0 bridgehead atoms. The molecule has 1 saturated carbocycles. The van der Waals surface area contributed by atoms with Crippen LogP contribution in [0.5, 0.6) is 0 Å². The number of hydrogen-bond donors (Lipinski definition) is 0. The molecule has 0 amide bonds. The highest BCUT2D eigenvalue weighted by molar-refractivity contribution is 7.98. The number of thioether (sulfide) groups is 1. The van der Waals surface area contributed by atoms with Gasteiger partial charge in [-0.15, -0.1) is 0 Å². The van der Waals surface area contributed by atoms with E-state index in [2.05, 4.69) is 39.9 Å². The maximum atomic E-state index is 5.47. The Bertz CT molecular complexity index is 750. The van der Waals surface area contributed by atoms with Gasteiger partial charge in [-0.2, -0.15) is 0 Å². The lowest BCUT2D eigenvalue weighted by Gasteiger charge is -2.35. The molecule has 1 saturated heterocycles. The first-order valence-electron chi connectivity index (χ1n) is 8.96. The van der Waals surface area contributed by atoms with Crippen molar-refractivity contribution in [2.24, 2.45) is 0 Å². The molecule has 4 rings (SSSR count). The highest BCUT2D eigenvalue weighted by atomic mass is 32.2. The number of nitrogens with zero attached hydrogens (tertiary/aromatic N) is 5. The molecule has 2 fully saturated rings. The molecule has 2 aromatic heterocycles. The summed E-state index contributed by atoms with van der Waals surface area (Å²) >= 11 is 1.60. The molecule has 1 aliphatic carbocycles. The minimum absolute atomic E-state index is 0.632. The smallest absolute Gasteiger partial charge is 0.189 e. The van der Waals surface area contributed by atoms with Crippen molar-refractivity contribution in [1.29, 1.82) is 0 Å². The van der Waals surface area contributed by atoms with E-state index in [4.69, 9.17) is 9.51 Å². The number of rotatable bonds is 5. The van der Waals surface area contributed by atoms with Crippen LogP contribution in [0.4, 0.5) is 5.82 Å². The van der Waals surface area contributed by atoms with E-state index >= 15 is 0 Å². The standard InChI is InChI=1S/C18H25N5OS/c1-12-13(2)19-18(25-3)20-17(12)23-8-6-22(7-9-23)11-15-10-16(24-21-15)14-4-5-14/h10,14H,4-9,11H2,1-3H3. The zero-order chi connectivity index (χ0) is 17.4. The quantitative estimate of drug-likeness (QED) is 0.601. The van der Waals surface area contributed by atoms with Crippen LogP contribution in [-0.2, 0) is 6.54 Å². The highest BCUT2D eigenvalue weighted by Gasteiger charge is 2.28. The van der Waals surface area contributed by atoms with Crippen LogP contribution >= 0.6 is 11.8 Å². The van der Waals surface area contributed by atoms with E-state index in [1.54, 1.807) is 11.8 Å². The van der Waals surface area contributed by atoms with Crippen molar-refractivity contribution >= 4 is 17.6 Å². The van der Waals surface area contributed by atoms with E-state index in [1.165, 1.54) is 18.4 Å². The number of piperazine rings is 1. The number of anilines is 1. The van der Waals surface area contributed by atoms with Gasteiger partial charge in [0.2, 0.25) is 0 Å². The molecule has 0 radical (unpaired) electrons. The summed E-state index contributed by atoms with van der Waals surface area (Å²) < 4.78 is 5.47. The van der Waals surface area contributed by atoms with Gasteiger partial charge in [-0.1, -0.05) is 16.9 Å². The van der Waals surface area contributed by atoms with Gasteiger partial charge in [-0.25, -0.2) is 9.97 Å². The second-order valence-electron chi connectivity index (χ2n) is 7.00. The topological polar surface area (TPSA) is 58.3 Å². The highest BCUT2D eigenvalue weighted by Crippen LogP contribution is 2.40. The third-order valence-corrected chi connectivity index (χ3v) is 5.69. The Morgan fingerprint density at radius 1 is 1.16 bits per heavy atom. The molecule has 0 atom stereocenters. The molecule has 7 heteroatoms. The van der Waals surface area contributed by atoms with Gasteiger partial charge in [0, 0.05) is 56.0 Å². The van der Waals surface area contributed by atoms with Crippen LogP contribution in [0.2, 0.25) is 0 Å². The van der Waals surface area contributed by atoms with Crippen molar-refractivity contribution in [3.63, 3.8) is 0 Å². The Labute approximate surface area is 153 Å². The van der Waals surface area contributed by atoms with Crippen molar-refractivity contribution in [2.75, 3.05) is 37.3 Å². The van der Waals surface area contributed by atoms with Crippen LogP contribution in [0.3, 0.4) is 0 Å². The molecular formula is C18H25N5OS. The normalized spacial score (nSPS) is 18.8. The molecule has 134 valence electrons. The summed E-state index contributed by atoms with van der Waals surface area (Å²) in [6.45, 7) is 9.07. The SMILES string of the molecule is CSc1nc(C)c(C)c(N2CCN(Cc3cc(C4CC4)on3)CC2)n1. The average molecular weight is 359 g/mol. The zero-order valence-corrected chi connectivity index (χ0v) is 16.0. The molecule has 0 N–H and O–H groups in total. The number of aryl methyl sites for hydroxylation is 1. The largest absolute Gasteiger partial charge is 0.361 e. The first-order chi connectivity index (χ1) is 12.1. The van der Waals surface area contributed by atoms with Gasteiger partial charge in [0.25, 0.3) is 0 Å². The first-order valence-corrected chi connectivity index (χ1v) is 10.2. The molecule has 3 heterocycles. The van der Waals surface area contributed by atoms with E-state index < -0.39 is 0 Å². The predicted octanol–water partition coefficient (Wildman–Crippen LogP) is 3.00. The van der Waals surface area contributed by atoms with E-state index in [9.17, 15) is 0 Å². The Balaban J connectivity index is 1.38. The lowest BCUT2D eigenvalue weighted by atomic mass is 10.2. The Morgan fingerprint density at radius 3 is 2.60 bits per heavy atom. The first kappa shape index (κ1) is 16.8. The second kappa shape index (κ2) is 6.96. The van der Waals surface area contributed by atoms with Crippen molar-refractivity contribution in [3.8, 4) is 0 Å². The minimum Gasteiger partial charge on any atom is -0.361 e. The molecule has 0 unspecified atom stereocenters. The monoisotopic (exact) mass is 359 g/mol. The molecular weight excluding hydrogens is 334 g/mol. The maximum Gasteiger partial charge on any atom is 0.189 e. The molecule has 0 aromatic carbocycles. The summed E-state index contributed by atoms with van der Waals surface area (Å²) in [6.07, 6.45) is 4.53. The second-order valence-corrected chi connectivity index (χ2v) is 7.78. The lowest BCUT2D eigenvalue weighted by Crippen LogP contribution is -2.46. The molecule has 0 spiro atoms. The van der Waals surface area contributed by atoms with Gasteiger partial charge in [0.05, 0.1) is 5.69 Å². The van der Waals surface area contributed by atoms with Crippen molar-refractivity contribution in [3.05, 3.63) is 28.8 Å². The van der Waals surface area contributed by atoms with Gasteiger partial charge in [0.15, 0.2) is 5.16 Å². The van der Waals surface area contributed by atoms with Gasteiger partial charge >= 0.3 is 0 Å². The van der Waals surface area contributed by atoms with Gasteiger partial charge in [-0.3, -0.25) is 4.90 Å². The van der Waals surface area contributed by atoms with E-state index in [0.717, 1.165) is 60.8 Å². The number of hydrogen-bond acceptors (Lipinski definition) is 7. The summed E-state index contributed by atoms with van der Waals surface area (Å²) in [5, 5.41) is 5.10. The third-order valence-electron chi connectivity index (χ3n) is 5.14. The van der Waals surface area contributed by atoms with Crippen molar-refractivity contribution in [2.45, 2.75) is 44.3 Å². The predicted molar refractivity (Wildman–Crippen MR) is 99.3 cm³/mol. The summed E-state index contributed by atoms with van der Waals surface area (Å²) in [6, 6.07) is 2.15. The van der Waals surface area contributed by atoms with E-state index in [1.807, 2.05) is 6.26 Å². The van der Waals surface area contributed by atoms with Crippen LogP contribution < -0.4 is 4.90 Å². The molecule has 25 heavy (non-hydrogen) atoms. The fourth-order valence-corrected chi connectivity index (χ4v) is 3.70. The molecule has 2 aliphatic rings. The van der Waals surface area contributed by atoms with E-state index in [-0.39, 0.29) is 0 Å². The Morgan fingerprint density at radius 2 is 1.92 bits per heavy atom. The molecule has 1 aliphatic heterocycles. The lowest BCUT2D eigenvalue weighted by molar-refractivity contribution is 0.241. The maximum absolute atomic E-state index is 5.47. The summed E-state index contributed by atoms with van der Waals surface area (Å²) in [5.74, 6) is 2.80. The zero-order valence-electron chi connectivity index (χ0n) is 15.2. The van der Waals surface area contributed by atoms with Crippen LogP contribution in [0.25, 0.3) is 0 Å². The van der Waals surface area contributed by atoms with Crippen LogP contribution in [-0.4, -0.2) is 52.5 Å². The summed E-state index contributed by atoms with van der Waals surface area (Å²) in [4.78, 5) is 14.1. The van der Waals surface area contributed by atoms with Gasteiger partial charge in [-0.05, 0) is 32.9 Å².